The van der Waals surface area contributed by atoms with E-state index in [1.54, 1.807) is 55.4 Å². The molecule has 0 fully saturated rings. The van der Waals surface area contributed by atoms with Crippen LogP contribution >= 0.6 is 11.6 Å². The van der Waals surface area contributed by atoms with Crippen molar-refractivity contribution in [3.63, 3.8) is 0 Å². The van der Waals surface area contributed by atoms with Crippen molar-refractivity contribution in [2.75, 3.05) is 0 Å². The van der Waals surface area contributed by atoms with Crippen LogP contribution in [-0.4, -0.2) is 91.7 Å². The number of aliphatic carboxylic acids is 4. The first kappa shape index (κ1) is 74.3. The van der Waals surface area contributed by atoms with E-state index < -0.39 is 54.1 Å². The predicted octanol–water partition coefficient (Wildman–Crippen LogP) is 8.73. The maximum absolute atomic E-state index is 11.7. The monoisotopic (exact) mass is 1070 g/mol. The molecule has 18 nitrogen and oxygen atoms in total. The third kappa shape index (κ3) is 39.9. The standard InChI is InChI=1S/C14H19NO3.C13H18N2O3.C9H9ClO.C8H7NO.2C5H11NO2.2CH4/c1-10(2)13(14(17)18)15-12(16)9-8-11-6-4-3-5-7-11;1-9(2)11(12(16)17)15-13(18)14-8-10-6-4-3-5-7-10;10-9(11)7-6-8-4-2-1-3-5-8;10-7-9-6-8-4-2-1-3-5-8;2*1-3(2)4(6)5(7)8;;/h3-7,10,13H,8-9H2,1-2H3,(H,15,16)(H,17,18);3-7,9,11H,8H2,1-2H3,(H,16,17)(H2,14,15,18);1-5H,6-7H2;1-5H,6H2;2*3-4H,6H2,1-2H3,(H,7,8);2*1H4/t13-;11-;;;2*4-;;/m00..00../s1. The van der Waals surface area contributed by atoms with Crippen LogP contribution in [0.1, 0.15) is 105 Å². The van der Waals surface area contributed by atoms with Gasteiger partial charge in [0.15, 0.2) is 0 Å². The summed E-state index contributed by atoms with van der Waals surface area (Å²) in [5, 5.41) is 41.7. The third-order valence-corrected chi connectivity index (χ3v) is 10.1. The quantitative estimate of drug-likeness (QED) is 0.0227. The Morgan fingerprint density at radius 3 is 1.13 bits per heavy atom. The number of isocyanates is 1. The van der Waals surface area contributed by atoms with Crippen LogP contribution in [0.4, 0.5) is 4.79 Å². The van der Waals surface area contributed by atoms with Gasteiger partial charge >= 0.3 is 29.9 Å². The Labute approximate surface area is 448 Å². The van der Waals surface area contributed by atoms with Crippen LogP contribution in [-0.2, 0) is 59.5 Å². The lowest BCUT2D eigenvalue weighted by atomic mass is 10.0. The van der Waals surface area contributed by atoms with Crippen LogP contribution in [0.2, 0.25) is 0 Å². The first-order valence-electron chi connectivity index (χ1n) is 23.5. The zero-order valence-corrected chi connectivity index (χ0v) is 43.7. The predicted molar refractivity (Wildman–Crippen MR) is 295 cm³/mol. The zero-order valence-electron chi connectivity index (χ0n) is 42.9. The van der Waals surface area contributed by atoms with Gasteiger partial charge in [0.25, 0.3) is 0 Å². The van der Waals surface area contributed by atoms with E-state index in [1.807, 2.05) is 121 Å². The molecule has 11 N–H and O–H groups in total. The first-order chi connectivity index (χ1) is 34.3. The second-order valence-corrected chi connectivity index (χ2v) is 17.9. The highest BCUT2D eigenvalue weighted by molar-refractivity contribution is 6.63. The molecule has 0 aromatic heterocycles. The molecule has 0 unspecified atom stereocenters. The Kier molecular flexibility index (Phi) is 43.8. The van der Waals surface area contributed by atoms with Crippen molar-refractivity contribution < 1.29 is 58.8 Å². The van der Waals surface area contributed by atoms with E-state index in [-0.39, 0.29) is 49.7 Å². The maximum atomic E-state index is 11.7. The van der Waals surface area contributed by atoms with Gasteiger partial charge in [0.1, 0.15) is 24.2 Å². The van der Waals surface area contributed by atoms with Crippen molar-refractivity contribution in [3.8, 4) is 0 Å². The van der Waals surface area contributed by atoms with Gasteiger partial charge in [-0.15, -0.1) is 0 Å². The number of aryl methyl sites for hydroxylation is 2. The van der Waals surface area contributed by atoms with Gasteiger partial charge in [-0.05, 0) is 70.4 Å². The molecule has 0 aliphatic carbocycles. The number of carbonyl (C=O) groups excluding carboxylic acids is 4. The number of urea groups is 1. The Balaban J connectivity index is -0.000000414. The minimum Gasteiger partial charge on any atom is -0.480 e. The highest BCUT2D eigenvalue weighted by atomic mass is 35.5. The third-order valence-electron chi connectivity index (χ3n) is 9.88. The van der Waals surface area contributed by atoms with E-state index in [2.05, 4.69) is 20.9 Å². The summed E-state index contributed by atoms with van der Waals surface area (Å²) in [5.74, 6) is -4.34. The SMILES string of the molecule is C.C.CC(C)[C@H](N)C(=O)O.CC(C)[C@H](N)C(=O)O.CC(C)[C@H](NC(=O)CCc1ccccc1)C(=O)O.CC(C)[C@H](NC(=O)NCc1ccccc1)C(=O)O.O=C(Cl)CCc1ccccc1.O=C=NCc1ccccc1. The summed E-state index contributed by atoms with van der Waals surface area (Å²) in [6, 6.07) is 34.9. The van der Waals surface area contributed by atoms with Crippen LogP contribution in [0.3, 0.4) is 0 Å². The molecule has 0 bridgehead atoms. The van der Waals surface area contributed by atoms with E-state index in [9.17, 15) is 38.4 Å². The number of nitrogens with one attached hydrogen (secondary N) is 3. The lowest BCUT2D eigenvalue weighted by Crippen LogP contribution is -2.48. The zero-order chi connectivity index (χ0) is 55.9. The van der Waals surface area contributed by atoms with Crippen LogP contribution in [0.5, 0.6) is 0 Å². The summed E-state index contributed by atoms with van der Waals surface area (Å²) < 4.78 is 0. The van der Waals surface area contributed by atoms with E-state index in [0.717, 1.165) is 28.7 Å². The van der Waals surface area contributed by atoms with Gasteiger partial charge in [-0.2, -0.15) is 0 Å². The molecule has 0 saturated heterocycles. The normalized spacial score (nSPS) is 11.3. The molecule has 3 amide bonds. The number of nitrogens with two attached hydrogens (primary N) is 2. The average molecular weight is 1070 g/mol. The molecule has 0 heterocycles. The molecule has 416 valence electrons. The van der Waals surface area contributed by atoms with Crippen molar-refractivity contribution in [2.45, 2.75) is 133 Å². The summed E-state index contributed by atoms with van der Waals surface area (Å²) in [5.41, 5.74) is 14.5. The summed E-state index contributed by atoms with van der Waals surface area (Å²) in [6.07, 6.45) is 3.58. The number of amides is 3. The number of hydrogen-bond donors (Lipinski definition) is 9. The lowest BCUT2D eigenvalue weighted by Gasteiger charge is -2.18. The smallest absolute Gasteiger partial charge is 0.326 e. The second kappa shape index (κ2) is 44.3. The average Bonchev–Trinajstić information content (AvgIpc) is 3.36. The minimum atomic E-state index is -1.03. The van der Waals surface area contributed by atoms with Gasteiger partial charge in [-0.3, -0.25) is 19.2 Å². The number of carboxylic acids is 4. The number of nitrogens with zero attached hydrogens (tertiary/aromatic N) is 1. The van der Waals surface area contributed by atoms with Crippen molar-refractivity contribution in [1.29, 1.82) is 0 Å². The molecule has 0 aliphatic rings. The van der Waals surface area contributed by atoms with E-state index in [0.29, 0.717) is 32.4 Å². The van der Waals surface area contributed by atoms with Crippen molar-refractivity contribution in [3.05, 3.63) is 144 Å². The Bertz CT molecular complexity index is 2130. The van der Waals surface area contributed by atoms with Crippen molar-refractivity contribution in [1.82, 2.24) is 16.0 Å². The molecule has 4 atom stereocenters. The topological polar surface area (TPSA) is 318 Å². The van der Waals surface area contributed by atoms with E-state index in [1.165, 1.54) is 6.08 Å². The number of carboxylic acid groups (broad SMARTS) is 4. The van der Waals surface area contributed by atoms with E-state index in [4.69, 9.17) is 43.5 Å². The Morgan fingerprint density at radius 1 is 0.507 bits per heavy atom. The second-order valence-electron chi connectivity index (χ2n) is 17.4. The molecule has 0 spiro atoms. The van der Waals surface area contributed by atoms with Crippen LogP contribution in [0, 0.1) is 23.7 Å². The van der Waals surface area contributed by atoms with Gasteiger partial charge in [-0.1, -0.05) is 192 Å². The summed E-state index contributed by atoms with van der Waals surface area (Å²) in [7, 11) is 0. The number of benzene rings is 4. The number of hydrogen-bond acceptors (Lipinski definition) is 11. The fraction of sp³-hybridized carbons (Fsp3) is 0.429. The van der Waals surface area contributed by atoms with Gasteiger partial charge in [-0.25, -0.2) is 24.2 Å². The maximum Gasteiger partial charge on any atom is 0.326 e. The lowest BCUT2D eigenvalue weighted by molar-refractivity contribution is -0.143. The molecule has 0 aliphatic heterocycles. The molecular weight excluding hydrogens is 984 g/mol. The highest BCUT2D eigenvalue weighted by Crippen LogP contribution is 2.07. The summed E-state index contributed by atoms with van der Waals surface area (Å²) >= 11 is 5.19. The number of rotatable bonds is 20. The fourth-order valence-corrected chi connectivity index (χ4v) is 5.40. The van der Waals surface area contributed by atoms with Crippen LogP contribution < -0.4 is 27.4 Å². The molecule has 4 aromatic carbocycles. The molecular formula is C56H83ClN6O12. The summed E-state index contributed by atoms with van der Waals surface area (Å²) in [6.45, 7) is 15.0. The number of halogens is 1. The summed E-state index contributed by atoms with van der Waals surface area (Å²) in [4.78, 5) is 88.6. The highest BCUT2D eigenvalue weighted by Gasteiger charge is 2.24. The molecule has 0 saturated carbocycles. The van der Waals surface area contributed by atoms with Crippen molar-refractivity contribution in [2.24, 2.45) is 40.1 Å². The van der Waals surface area contributed by atoms with Gasteiger partial charge in [0.2, 0.25) is 17.2 Å². The number of carbonyl (C=O) groups is 7. The van der Waals surface area contributed by atoms with Gasteiger partial charge in [0.05, 0.1) is 6.54 Å². The fourth-order valence-electron chi connectivity index (χ4n) is 5.31. The van der Waals surface area contributed by atoms with Gasteiger partial charge < -0.3 is 47.8 Å². The minimum absolute atomic E-state index is 0. The molecule has 19 heteroatoms. The Hall–Kier alpha value is -7.24. The van der Waals surface area contributed by atoms with Crippen molar-refractivity contribution >= 4 is 58.7 Å². The van der Waals surface area contributed by atoms with Gasteiger partial charge in [0, 0.05) is 19.4 Å². The van der Waals surface area contributed by atoms with Crippen LogP contribution in [0.15, 0.2) is 126 Å². The Morgan fingerprint density at radius 2 is 0.840 bits per heavy atom. The molecule has 4 aromatic rings. The molecule has 75 heavy (non-hydrogen) atoms. The molecule has 0 radical (unpaired) electrons. The largest absolute Gasteiger partial charge is 0.480 e. The number of aliphatic imine (C=N–C) groups is 1. The van der Waals surface area contributed by atoms with E-state index >= 15 is 0 Å². The van der Waals surface area contributed by atoms with Crippen LogP contribution in [0.25, 0.3) is 0 Å². The first-order valence-corrected chi connectivity index (χ1v) is 23.9. The molecule has 4 rings (SSSR count).